The van der Waals surface area contributed by atoms with Crippen LogP contribution in [0.3, 0.4) is 0 Å². The van der Waals surface area contributed by atoms with Crippen molar-refractivity contribution >= 4 is 29.0 Å². The highest BCUT2D eigenvalue weighted by molar-refractivity contribution is 8.18. The van der Waals surface area contributed by atoms with Gasteiger partial charge in [-0.25, -0.2) is 4.39 Å². The van der Waals surface area contributed by atoms with Gasteiger partial charge in [-0.1, -0.05) is 31.5 Å². The van der Waals surface area contributed by atoms with Crippen LogP contribution in [0.2, 0.25) is 0 Å². The quantitative estimate of drug-likeness (QED) is 0.789. The van der Waals surface area contributed by atoms with E-state index in [1.807, 2.05) is 6.92 Å². The Morgan fingerprint density at radius 2 is 2.05 bits per heavy atom. The topological polar surface area (TPSA) is 37.4 Å². The number of carbonyl (C=O) groups is 2. The molecule has 2 rings (SSSR count). The van der Waals surface area contributed by atoms with Crippen LogP contribution in [-0.2, 0) is 4.79 Å². The summed E-state index contributed by atoms with van der Waals surface area (Å²) in [6, 6.07) is 6.18. The van der Waals surface area contributed by atoms with Crippen molar-refractivity contribution in [1.82, 2.24) is 4.90 Å². The summed E-state index contributed by atoms with van der Waals surface area (Å²) in [7, 11) is 0. The summed E-state index contributed by atoms with van der Waals surface area (Å²) in [5.41, 5.74) is 0.323. The van der Waals surface area contributed by atoms with Gasteiger partial charge >= 0.3 is 0 Å². The number of nitrogens with zero attached hydrogens (tertiary/aromatic N) is 1. The van der Waals surface area contributed by atoms with E-state index in [1.54, 1.807) is 18.2 Å². The second-order valence-electron chi connectivity index (χ2n) is 4.21. The van der Waals surface area contributed by atoms with Crippen molar-refractivity contribution < 1.29 is 14.0 Å². The molecule has 0 unspecified atom stereocenters. The highest BCUT2D eigenvalue weighted by Gasteiger charge is 2.34. The lowest BCUT2D eigenvalue weighted by molar-refractivity contribution is -0.122. The minimum absolute atomic E-state index is 0.277. The molecule has 3 nitrogen and oxygen atoms in total. The first-order valence-electron chi connectivity index (χ1n) is 6.13. The number of benzene rings is 1. The Hall–Kier alpha value is -1.62. The van der Waals surface area contributed by atoms with Crippen molar-refractivity contribution in [2.75, 3.05) is 6.54 Å². The Balaban J connectivity index is 2.21. The first-order valence-corrected chi connectivity index (χ1v) is 6.95. The molecule has 19 heavy (non-hydrogen) atoms. The van der Waals surface area contributed by atoms with Gasteiger partial charge in [0.2, 0.25) is 0 Å². The van der Waals surface area contributed by atoms with Crippen LogP contribution in [0.15, 0.2) is 29.2 Å². The molecule has 100 valence electrons. The van der Waals surface area contributed by atoms with Crippen molar-refractivity contribution in [2.24, 2.45) is 0 Å². The van der Waals surface area contributed by atoms with E-state index in [1.165, 1.54) is 17.0 Å². The molecule has 1 aromatic carbocycles. The Labute approximate surface area is 115 Å². The standard InChI is InChI=1S/C14H14FNO2S/c1-2-3-8-16-13(17)12(19-14(16)18)9-10-6-4-5-7-11(10)15/h4-7,9H,2-3,8H2,1H3. The van der Waals surface area contributed by atoms with E-state index < -0.39 is 5.82 Å². The van der Waals surface area contributed by atoms with Gasteiger partial charge in [0.25, 0.3) is 11.1 Å². The summed E-state index contributed by atoms with van der Waals surface area (Å²) in [5.74, 6) is -0.727. The zero-order valence-electron chi connectivity index (χ0n) is 10.6. The summed E-state index contributed by atoms with van der Waals surface area (Å²) < 4.78 is 13.5. The molecule has 0 saturated carbocycles. The van der Waals surface area contributed by atoms with Crippen molar-refractivity contribution in [3.8, 4) is 0 Å². The van der Waals surface area contributed by atoms with Crippen molar-refractivity contribution in [2.45, 2.75) is 19.8 Å². The van der Waals surface area contributed by atoms with E-state index in [4.69, 9.17) is 0 Å². The van der Waals surface area contributed by atoms with Gasteiger partial charge < -0.3 is 0 Å². The van der Waals surface area contributed by atoms with Gasteiger partial charge in [-0.15, -0.1) is 0 Å². The van der Waals surface area contributed by atoms with Crippen LogP contribution in [0.4, 0.5) is 9.18 Å². The molecule has 0 radical (unpaired) electrons. The van der Waals surface area contributed by atoms with Crippen LogP contribution in [0.25, 0.3) is 6.08 Å². The second-order valence-corrected chi connectivity index (χ2v) is 5.20. The number of unbranched alkanes of at least 4 members (excludes halogenated alkanes) is 1. The van der Waals surface area contributed by atoms with E-state index in [-0.39, 0.29) is 16.1 Å². The summed E-state index contributed by atoms with van der Waals surface area (Å²) in [4.78, 5) is 25.2. The molecule has 0 spiro atoms. The number of thioether (sulfide) groups is 1. The maximum absolute atomic E-state index is 13.5. The molecule has 1 saturated heterocycles. The molecule has 5 heteroatoms. The summed E-state index contributed by atoms with van der Waals surface area (Å²) in [6.07, 6.45) is 3.13. The van der Waals surface area contributed by atoms with Gasteiger partial charge in [-0.2, -0.15) is 0 Å². The number of imide groups is 1. The SMILES string of the molecule is CCCCN1C(=O)SC(=Cc2ccccc2F)C1=O. The molecule has 2 amide bonds. The van der Waals surface area contributed by atoms with Gasteiger partial charge in [-0.3, -0.25) is 14.5 Å². The number of amides is 2. The van der Waals surface area contributed by atoms with Crippen LogP contribution < -0.4 is 0 Å². The molecule has 1 aliphatic heterocycles. The van der Waals surface area contributed by atoms with E-state index in [9.17, 15) is 14.0 Å². The second kappa shape index (κ2) is 6.02. The molecule has 0 aromatic heterocycles. The van der Waals surface area contributed by atoms with E-state index >= 15 is 0 Å². The fraction of sp³-hybridized carbons (Fsp3) is 0.286. The van der Waals surface area contributed by atoms with Crippen LogP contribution in [0.1, 0.15) is 25.3 Å². The Bertz CT molecular complexity index is 542. The number of rotatable bonds is 4. The Morgan fingerprint density at radius 3 is 2.74 bits per heavy atom. The maximum Gasteiger partial charge on any atom is 0.293 e. The largest absolute Gasteiger partial charge is 0.293 e. The predicted octanol–water partition coefficient (Wildman–Crippen LogP) is 3.66. The molecule has 0 aliphatic carbocycles. The van der Waals surface area contributed by atoms with Crippen molar-refractivity contribution in [1.29, 1.82) is 0 Å². The lowest BCUT2D eigenvalue weighted by atomic mass is 10.2. The molecule has 1 aromatic rings. The Morgan fingerprint density at radius 1 is 1.32 bits per heavy atom. The molecule has 1 heterocycles. The van der Waals surface area contributed by atoms with Crippen LogP contribution in [-0.4, -0.2) is 22.6 Å². The fourth-order valence-electron chi connectivity index (χ4n) is 1.74. The summed E-state index contributed by atoms with van der Waals surface area (Å²) >= 11 is 0.868. The molecular formula is C14H14FNO2S. The predicted molar refractivity (Wildman–Crippen MR) is 74.0 cm³/mol. The smallest absolute Gasteiger partial charge is 0.268 e. The molecule has 1 fully saturated rings. The highest BCUT2D eigenvalue weighted by Crippen LogP contribution is 2.32. The van der Waals surface area contributed by atoms with E-state index in [0.29, 0.717) is 12.1 Å². The van der Waals surface area contributed by atoms with E-state index in [2.05, 4.69) is 0 Å². The highest BCUT2D eigenvalue weighted by atomic mass is 32.2. The first-order chi connectivity index (χ1) is 9.13. The average Bonchev–Trinajstić information content (AvgIpc) is 2.65. The van der Waals surface area contributed by atoms with Crippen LogP contribution in [0.5, 0.6) is 0 Å². The van der Waals surface area contributed by atoms with Crippen LogP contribution >= 0.6 is 11.8 Å². The molecule has 0 atom stereocenters. The third-order valence-electron chi connectivity index (χ3n) is 2.80. The lowest BCUT2D eigenvalue weighted by Gasteiger charge is -2.10. The molecule has 1 aliphatic rings. The van der Waals surface area contributed by atoms with Gasteiger partial charge in [0, 0.05) is 12.1 Å². The third-order valence-corrected chi connectivity index (χ3v) is 3.71. The molecule has 0 N–H and O–H groups in total. The molecule has 0 bridgehead atoms. The number of hydrogen-bond acceptors (Lipinski definition) is 3. The monoisotopic (exact) mass is 279 g/mol. The summed E-state index contributed by atoms with van der Waals surface area (Å²) in [5, 5.41) is -0.277. The minimum Gasteiger partial charge on any atom is -0.268 e. The number of hydrogen-bond donors (Lipinski definition) is 0. The normalized spacial score (nSPS) is 17.6. The fourth-order valence-corrected chi connectivity index (χ4v) is 2.60. The summed E-state index contributed by atoms with van der Waals surface area (Å²) in [6.45, 7) is 2.42. The van der Waals surface area contributed by atoms with Gasteiger partial charge in [-0.05, 0) is 30.3 Å². The molecular weight excluding hydrogens is 265 g/mol. The number of carbonyl (C=O) groups excluding carboxylic acids is 2. The Kier molecular flexibility index (Phi) is 4.37. The maximum atomic E-state index is 13.5. The zero-order valence-corrected chi connectivity index (χ0v) is 11.4. The zero-order chi connectivity index (χ0) is 13.8. The van der Waals surface area contributed by atoms with E-state index in [0.717, 1.165) is 24.6 Å². The van der Waals surface area contributed by atoms with Gasteiger partial charge in [0.05, 0.1) is 4.91 Å². The van der Waals surface area contributed by atoms with Gasteiger partial charge in [0.15, 0.2) is 0 Å². The lowest BCUT2D eigenvalue weighted by Crippen LogP contribution is -2.29. The van der Waals surface area contributed by atoms with Gasteiger partial charge in [0.1, 0.15) is 5.82 Å². The first kappa shape index (κ1) is 13.8. The third kappa shape index (κ3) is 3.04. The number of halogens is 1. The minimum atomic E-state index is -0.400. The average molecular weight is 279 g/mol. The van der Waals surface area contributed by atoms with Crippen molar-refractivity contribution in [3.63, 3.8) is 0 Å². The van der Waals surface area contributed by atoms with Crippen LogP contribution in [0, 0.1) is 5.82 Å². The van der Waals surface area contributed by atoms with Crippen molar-refractivity contribution in [3.05, 3.63) is 40.6 Å².